The van der Waals surface area contributed by atoms with E-state index in [4.69, 9.17) is 19.9 Å². The Balaban J connectivity index is 1.85. The Bertz CT molecular complexity index is 1030. The quantitative estimate of drug-likeness (QED) is 0.618. The number of nitrogens with zero attached hydrogens (tertiary/aromatic N) is 2. The number of rotatable bonds is 9. The van der Waals surface area contributed by atoms with Crippen LogP contribution in [0, 0.1) is 0 Å². The van der Waals surface area contributed by atoms with Gasteiger partial charge >= 0.3 is 5.69 Å². The molecule has 3 rings (SSSR count). The normalized spacial score (nSPS) is 12.2. The number of aromatic nitrogens is 2. The molecule has 0 radical (unpaired) electrons. The van der Waals surface area contributed by atoms with E-state index < -0.39 is 11.2 Å². The van der Waals surface area contributed by atoms with E-state index in [1.807, 2.05) is 19.1 Å². The Hall–Kier alpha value is -3.27. The first-order chi connectivity index (χ1) is 14.5. The van der Waals surface area contributed by atoms with Crippen molar-refractivity contribution in [3.8, 4) is 11.5 Å². The summed E-state index contributed by atoms with van der Waals surface area (Å²) in [5, 5.41) is 0. The van der Waals surface area contributed by atoms with Gasteiger partial charge in [0.05, 0.1) is 6.61 Å². The zero-order valence-electron chi connectivity index (χ0n) is 17.1. The Morgan fingerprint density at radius 3 is 2.80 bits per heavy atom. The third-order valence-corrected chi connectivity index (χ3v) is 4.82. The number of anilines is 2. The van der Waals surface area contributed by atoms with Crippen molar-refractivity contribution in [3.63, 3.8) is 0 Å². The predicted octanol–water partition coefficient (Wildman–Crippen LogP) is 0.870. The van der Waals surface area contributed by atoms with E-state index in [1.54, 1.807) is 6.07 Å². The number of aryl methyl sites for hydroxylation is 1. The maximum atomic E-state index is 13.0. The Labute approximate surface area is 173 Å². The Morgan fingerprint density at radius 1 is 1.30 bits per heavy atom. The van der Waals surface area contributed by atoms with E-state index >= 15 is 0 Å². The Morgan fingerprint density at radius 2 is 2.07 bits per heavy atom. The second-order valence-electron chi connectivity index (χ2n) is 6.87. The van der Waals surface area contributed by atoms with Crippen LogP contribution in [0.5, 0.6) is 11.5 Å². The van der Waals surface area contributed by atoms with Crippen LogP contribution in [0.25, 0.3) is 0 Å². The lowest BCUT2D eigenvalue weighted by molar-refractivity contribution is -0.118. The average molecular weight is 418 g/mol. The summed E-state index contributed by atoms with van der Waals surface area (Å²) in [4.78, 5) is 41.2. The van der Waals surface area contributed by atoms with Gasteiger partial charge < -0.3 is 24.8 Å². The highest BCUT2D eigenvalue weighted by atomic mass is 16.7. The van der Waals surface area contributed by atoms with Gasteiger partial charge in [-0.05, 0) is 30.5 Å². The van der Waals surface area contributed by atoms with Gasteiger partial charge in [-0.15, -0.1) is 0 Å². The number of fused-ring (bicyclic) bond motifs is 1. The number of aromatic amines is 1. The smallest absolute Gasteiger partial charge is 0.330 e. The van der Waals surface area contributed by atoms with Crippen LogP contribution in [0.4, 0.5) is 11.5 Å². The molecule has 2 heterocycles. The number of methoxy groups -OCH3 is 1. The summed E-state index contributed by atoms with van der Waals surface area (Å²) in [6.45, 7) is 2.74. The minimum atomic E-state index is -0.697. The van der Waals surface area contributed by atoms with Crippen LogP contribution >= 0.6 is 0 Å². The molecule has 30 heavy (non-hydrogen) atoms. The largest absolute Gasteiger partial charge is 0.454 e. The molecule has 2 aromatic rings. The van der Waals surface area contributed by atoms with Crippen LogP contribution in [-0.4, -0.2) is 42.5 Å². The lowest BCUT2D eigenvalue weighted by atomic mass is 10.1. The molecule has 162 valence electrons. The molecule has 1 amide bonds. The van der Waals surface area contributed by atoms with Gasteiger partial charge in [0.2, 0.25) is 12.7 Å². The average Bonchev–Trinajstić information content (AvgIpc) is 3.19. The van der Waals surface area contributed by atoms with E-state index in [9.17, 15) is 14.4 Å². The molecule has 0 atom stereocenters. The number of carbonyl (C=O) groups excluding carboxylic acids is 1. The Kier molecular flexibility index (Phi) is 6.78. The van der Waals surface area contributed by atoms with Crippen molar-refractivity contribution < 1.29 is 19.0 Å². The first kappa shape index (κ1) is 21.4. The fourth-order valence-corrected chi connectivity index (χ4v) is 3.31. The summed E-state index contributed by atoms with van der Waals surface area (Å²) in [6, 6.07) is 5.49. The number of ether oxygens (including phenoxy) is 3. The number of nitrogen functional groups attached to an aromatic ring is 1. The lowest BCUT2D eigenvalue weighted by Gasteiger charge is -2.24. The summed E-state index contributed by atoms with van der Waals surface area (Å²) in [5.41, 5.74) is 5.70. The molecular formula is C20H26N4O6. The predicted molar refractivity (Wildman–Crippen MR) is 111 cm³/mol. The molecule has 10 heteroatoms. The zero-order chi connectivity index (χ0) is 21.7. The van der Waals surface area contributed by atoms with E-state index in [0.29, 0.717) is 30.9 Å². The second kappa shape index (κ2) is 9.49. The molecule has 0 fully saturated rings. The number of hydrogen-bond acceptors (Lipinski definition) is 7. The van der Waals surface area contributed by atoms with E-state index in [1.165, 1.54) is 16.6 Å². The van der Waals surface area contributed by atoms with E-state index in [0.717, 1.165) is 5.56 Å². The molecule has 0 saturated heterocycles. The molecule has 0 spiro atoms. The van der Waals surface area contributed by atoms with Gasteiger partial charge in [-0.1, -0.05) is 13.0 Å². The van der Waals surface area contributed by atoms with Gasteiger partial charge in [0.25, 0.3) is 5.56 Å². The molecule has 0 bridgehead atoms. The van der Waals surface area contributed by atoms with Crippen LogP contribution in [-0.2, 0) is 22.5 Å². The topological polar surface area (TPSA) is 129 Å². The molecule has 1 aromatic heterocycles. The minimum absolute atomic E-state index is 0.0295. The standard InChI is InChI=1S/C20H26N4O6/c1-3-8-24-18(21)17(19(26)22-20(24)27)23(9-10-28-2)16(25)7-5-13-4-6-14-15(11-13)30-12-29-14/h4,6,11H,3,5,7-10,12,21H2,1-2H3,(H,22,26,27). The number of carbonyl (C=O) groups is 1. The van der Waals surface area contributed by atoms with Gasteiger partial charge in [-0.3, -0.25) is 19.1 Å². The van der Waals surface area contributed by atoms with Gasteiger partial charge in [-0.25, -0.2) is 4.79 Å². The fraction of sp³-hybridized carbons (Fsp3) is 0.450. The number of H-pyrrole nitrogens is 1. The lowest BCUT2D eigenvalue weighted by Crippen LogP contribution is -2.42. The number of nitrogens with one attached hydrogen (secondary N) is 1. The fourth-order valence-electron chi connectivity index (χ4n) is 3.31. The SMILES string of the molecule is CCCn1c(N)c(N(CCOC)C(=O)CCc2ccc3c(c2)OCO3)c(=O)[nH]c1=O. The van der Waals surface area contributed by atoms with Crippen LogP contribution in [0.3, 0.4) is 0 Å². The van der Waals surface area contributed by atoms with Gasteiger partial charge in [0.1, 0.15) is 5.82 Å². The van der Waals surface area contributed by atoms with Crippen molar-refractivity contribution in [2.45, 2.75) is 32.7 Å². The van der Waals surface area contributed by atoms with Crippen LogP contribution in [0.2, 0.25) is 0 Å². The molecule has 1 aromatic carbocycles. The van der Waals surface area contributed by atoms with Crippen molar-refractivity contribution in [1.82, 2.24) is 9.55 Å². The summed E-state index contributed by atoms with van der Waals surface area (Å²) < 4.78 is 17.0. The van der Waals surface area contributed by atoms with Gasteiger partial charge in [0.15, 0.2) is 17.2 Å². The van der Waals surface area contributed by atoms with Crippen molar-refractivity contribution >= 4 is 17.4 Å². The molecular weight excluding hydrogens is 392 g/mol. The molecule has 3 N–H and O–H groups in total. The maximum Gasteiger partial charge on any atom is 0.330 e. The van der Waals surface area contributed by atoms with Crippen LogP contribution in [0.1, 0.15) is 25.3 Å². The van der Waals surface area contributed by atoms with Gasteiger partial charge in [0, 0.05) is 26.6 Å². The molecule has 0 saturated carbocycles. The van der Waals surface area contributed by atoms with Crippen LogP contribution < -0.4 is 31.4 Å². The second-order valence-corrected chi connectivity index (χ2v) is 6.87. The number of hydrogen-bond donors (Lipinski definition) is 2. The third-order valence-electron chi connectivity index (χ3n) is 4.82. The first-order valence-electron chi connectivity index (χ1n) is 9.76. The number of amides is 1. The highest BCUT2D eigenvalue weighted by Crippen LogP contribution is 2.32. The van der Waals surface area contributed by atoms with E-state index in [2.05, 4.69) is 4.98 Å². The maximum absolute atomic E-state index is 13.0. The minimum Gasteiger partial charge on any atom is -0.454 e. The third kappa shape index (κ3) is 4.48. The number of benzene rings is 1. The summed E-state index contributed by atoms with van der Waals surface area (Å²) in [5.74, 6) is 0.981. The highest BCUT2D eigenvalue weighted by Gasteiger charge is 2.24. The van der Waals surface area contributed by atoms with Crippen molar-refractivity contribution in [1.29, 1.82) is 0 Å². The molecule has 1 aliphatic rings. The molecule has 0 unspecified atom stereocenters. The highest BCUT2D eigenvalue weighted by molar-refractivity contribution is 5.95. The van der Waals surface area contributed by atoms with Crippen molar-refractivity contribution in [3.05, 3.63) is 44.6 Å². The van der Waals surface area contributed by atoms with Crippen molar-refractivity contribution in [2.24, 2.45) is 0 Å². The summed E-state index contributed by atoms with van der Waals surface area (Å²) in [7, 11) is 1.50. The van der Waals surface area contributed by atoms with E-state index in [-0.39, 0.29) is 43.8 Å². The summed E-state index contributed by atoms with van der Waals surface area (Å²) >= 11 is 0. The molecule has 0 aliphatic carbocycles. The molecule has 1 aliphatic heterocycles. The first-order valence-corrected chi connectivity index (χ1v) is 9.76. The number of nitrogens with two attached hydrogens (primary N) is 1. The van der Waals surface area contributed by atoms with Crippen molar-refractivity contribution in [2.75, 3.05) is 37.7 Å². The zero-order valence-corrected chi connectivity index (χ0v) is 17.1. The summed E-state index contributed by atoms with van der Waals surface area (Å²) in [6.07, 6.45) is 1.21. The monoisotopic (exact) mass is 418 g/mol. The van der Waals surface area contributed by atoms with Crippen LogP contribution in [0.15, 0.2) is 27.8 Å². The van der Waals surface area contributed by atoms with Gasteiger partial charge in [-0.2, -0.15) is 0 Å². The molecule has 10 nitrogen and oxygen atoms in total.